The molecular weight excluding hydrogens is 338 g/mol. The minimum absolute atomic E-state index is 0.0542. The Balaban J connectivity index is 1.41. The molecular formula is C21H27N5O. The molecule has 1 amide bonds. The van der Waals surface area contributed by atoms with Gasteiger partial charge in [-0.2, -0.15) is 5.10 Å². The standard InChI is InChI=1S/C21H27N5O/c1-16-6-7-19(25-11-2-3-12-25)18(15-16)21(27)23-17-8-13-26(14-9-17)20-5-4-10-22-24-20/h4-7,10,15,17H,2-3,8-9,11-14H2,1H3,(H,23,27). The van der Waals surface area contributed by atoms with Crippen molar-refractivity contribution in [2.24, 2.45) is 0 Å². The fraction of sp³-hybridized carbons (Fsp3) is 0.476. The first-order chi connectivity index (χ1) is 13.2. The van der Waals surface area contributed by atoms with Crippen molar-refractivity contribution in [3.8, 4) is 0 Å². The van der Waals surface area contributed by atoms with Gasteiger partial charge in [-0.3, -0.25) is 4.79 Å². The molecule has 0 spiro atoms. The monoisotopic (exact) mass is 365 g/mol. The van der Waals surface area contributed by atoms with E-state index in [9.17, 15) is 4.79 Å². The van der Waals surface area contributed by atoms with E-state index in [0.717, 1.165) is 61.7 Å². The maximum absolute atomic E-state index is 13.0. The summed E-state index contributed by atoms with van der Waals surface area (Å²) in [5, 5.41) is 11.4. The van der Waals surface area contributed by atoms with E-state index in [-0.39, 0.29) is 11.9 Å². The quantitative estimate of drug-likeness (QED) is 0.903. The number of carbonyl (C=O) groups excluding carboxylic acids is 1. The number of amides is 1. The molecule has 3 heterocycles. The number of anilines is 2. The molecule has 4 rings (SSSR count). The Morgan fingerprint density at radius 1 is 1.07 bits per heavy atom. The number of aryl methyl sites for hydroxylation is 1. The third kappa shape index (κ3) is 4.04. The Morgan fingerprint density at radius 2 is 1.85 bits per heavy atom. The Labute approximate surface area is 160 Å². The highest BCUT2D eigenvalue weighted by Crippen LogP contribution is 2.26. The van der Waals surface area contributed by atoms with Gasteiger partial charge < -0.3 is 15.1 Å². The number of aromatic nitrogens is 2. The zero-order valence-electron chi connectivity index (χ0n) is 15.9. The number of rotatable bonds is 4. The zero-order chi connectivity index (χ0) is 18.6. The van der Waals surface area contributed by atoms with Gasteiger partial charge in [-0.05, 0) is 56.9 Å². The molecule has 0 unspecified atom stereocenters. The first-order valence-corrected chi connectivity index (χ1v) is 9.90. The van der Waals surface area contributed by atoms with Gasteiger partial charge >= 0.3 is 0 Å². The highest BCUT2D eigenvalue weighted by molar-refractivity contribution is 6.00. The second-order valence-electron chi connectivity index (χ2n) is 7.53. The molecule has 2 fully saturated rings. The molecule has 2 aliphatic heterocycles. The number of piperidine rings is 1. The van der Waals surface area contributed by atoms with E-state index in [2.05, 4.69) is 37.4 Å². The van der Waals surface area contributed by atoms with Gasteiger partial charge in [-0.25, -0.2) is 0 Å². The maximum Gasteiger partial charge on any atom is 0.253 e. The summed E-state index contributed by atoms with van der Waals surface area (Å²) in [5.74, 6) is 0.968. The van der Waals surface area contributed by atoms with Gasteiger partial charge in [0, 0.05) is 44.1 Å². The van der Waals surface area contributed by atoms with Crippen LogP contribution in [0.4, 0.5) is 11.5 Å². The molecule has 1 N–H and O–H groups in total. The highest BCUT2D eigenvalue weighted by atomic mass is 16.1. The van der Waals surface area contributed by atoms with Gasteiger partial charge in [0.15, 0.2) is 5.82 Å². The summed E-state index contributed by atoms with van der Waals surface area (Å²) >= 11 is 0. The Kier molecular flexibility index (Phi) is 5.23. The fourth-order valence-corrected chi connectivity index (χ4v) is 4.04. The van der Waals surface area contributed by atoms with Crippen molar-refractivity contribution in [1.29, 1.82) is 0 Å². The lowest BCUT2D eigenvalue weighted by atomic mass is 10.0. The van der Waals surface area contributed by atoms with Gasteiger partial charge in [-0.15, -0.1) is 5.10 Å². The number of carbonyl (C=O) groups is 1. The van der Waals surface area contributed by atoms with Crippen molar-refractivity contribution in [3.63, 3.8) is 0 Å². The first-order valence-electron chi connectivity index (χ1n) is 9.90. The van der Waals surface area contributed by atoms with Gasteiger partial charge in [0.2, 0.25) is 0 Å². The van der Waals surface area contributed by atoms with Crippen molar-refractivity contribution in [2.45, 2.75) is 38.6 Å². The van der Waals surface area contributed by atoms with Crippen molar-refractivity contribution in [2.75, 3.05) is 36.0 Å². The van der Waals surface area contributed by atoms with Crippen molar-refractivity contribution in [1.82, 2.24) is 15.5 Å². The molecule has 0 saturated carbocycles. The molecule has 2 aliphatic rings. The van der Waals surface area contributed by atoms with Crippen molar-refractivity contribution >= 4 is 17.4 Å². The highest BCUT2D eigenvalue weighted by Gasteiger charge is 2.24. The summed E-state index contributed by atoms with van der Waals surface area (Å²) in [6, 6.07) is 10.3. The van der Waals surface area contributed by atoms with E-state index in [0.29, 0.717) is 0 Å². The molecule has 0 radical (unpaired) electrons. The summed E-state index contributed by atoms with van der Waals surface area (Å²) in [5.41, 5.74) is 3.02. The number of nitrogens with one attached hydrogen (secondary N) is 1. The summed E-state index contributed by atoms with van der Waals surface area (Å²) in [6.45, 7) is 5.90. The summed E-state index contributed by atoms with van der Waals surface area (Å²) in [6.07, 6.45) is 5.95. The van der Waals surface area contributed by atoms with Gasteiger partial charge in [0.25, 0.3) is 5.91 Å². The molecule has 0 bridgehead atoms. The lowest BCUT2D eigenvalue weighted by Gasteiger charge is -2.33. The Morgan fingerprint density at radius 3 is 2.56 bits per heavy atom. The van der Waals surface area contributed by atoms with E-state index in [1.807, 2.05) is 25.1 Å². The molecule has 6 nitrogen and oxygen atoms in total. The fourth-order valence-electron chi connectivity index (χ4n) is 4.04. The SMILES string of the molecule is Cc1ccc(N2CCCC2)c(C(=O)NC2CCN(c3cccnn3)CC2)c1. The zero-order valence-corrected chi connectivity index (χ0v) is 15.9. The van der Waals surface area contributed by atoms with Crippen LogP contribution in [0.2, 0.25) is 0 Å². The molecule has 6 heteroatoms. The first kappa shape index (κ1) is 17.8. The lowest BCUT2D eigenvalue weighted by molar-refractivity contribution is 0.0931. The topological polar surface area (TPSA) is 61.4 Å². The minimum atomic E-state index is 0.0542. The lowest BCUT2D eigenvalue weighted by Crippen LogP contribution is -2.45. The van der Waals surface area contributed by atoms with Crippen LogP contribution in [-0.4, -0.2) is 48.3 Å². The van der Waals surface area contributed by atoms with E-state index in [4.69, 9.17) is 0 Å². The molecule has 142 valence electrons. The second-order valence-corrected chi connectivity index (χ2v) is 7.53. The molecule has 0 atom stereocenters. The third-order valence-corrected chi connectivity index (χ3v) is 5.56. The predicted molar refractivity (Wildman–Crippen MR) is 107 cm³/mol. The normalized spacial score (nSPS) is 18.0. The molecule has 27 heavy (non-hydrogen) atoms. The third-order valence-electron chi connectivity index (χ3n) is 5.56. The van der Waals surface area contributed by atoms with E-state index >= 15 is 0 Å². The number of hydrogen-bond donors (Lipinski definition) is 1. The average molecular weight is 365 g/mol. The van der Waals surface area contributed by atoms with Gasteiger partial charge in [0.05, 0.1) is 5.56 Å². The van der Waals surface area contributed by atoms with Crippen LogP contribution in [0.5, 0.6) is 0 Å². The van der Waals surface area contributed by atoms with Crippen LogP contribution < -0.4 is 15.1 Å². The van der Waals surface area contributed by atoms with Crippen LogP contribution in [0.1, 0.15) is 41.6 Å². The molecule has 1 aromatic carbocycles. The van der Waals surface area contributed by atoms with Crippen molar-refractivity contribution in [3.05, 3.63) is 47.7 Å². The van der Waals surface area contributed by atoms with E-state index in [1.165, 1.54) is 12.8 Å². The molecule has 2 saturated heterocycles. The minimum Gasteiger partial charge on any atom is -0.371 e. The van der Waals surface area contributed by atoms with Crippen LogP contribution >= 0.6 is 0 Å². The number of nitrogens with zero attached hydrogens (tertiary/aromatic N) is 4. The largest absolute Gasteiger partial charge is 0.371 e. The Bertz CT molecular complexity index is 780. The van der Waals surface area contributed by atoms with Gasteiger partial charge in [-0.1, -0.05) is 11.6 Å². The van der Waals surface area contributed by atoms with E-state index < -0.39 is 0 Å². The number of hydrogen-bond acceptors (Lipinski definition) is 5. The molecule has 0 aliphatic carbocycles. The number of benzene rings is 1. The summed E-state index contributed by atoms with van der Waals surface area (Å²) < 4.78 is 0. The smallest absolute Gasteiger partial charge is 0.253 e. The predicted octanol–water partition coefficient (Wildman–Crippen LogP) is 2.78. The molecule has 2 aromatic rings. The van der Waals surface area contributed by atoms with Crippen LogP contribution in [-0.2, 0) is 0 Å². The summed E-state index contributed by atoms with van der Waals surface area (Å²) in [4.78, 5) is 17.6. The maximum atomic E-state index is 13.0. The average Bonchev–Trinajstić information content (AvgIpc) is 3.24. The van der Waals surface area contributed by atoms with Crippen LogP contribution in [0.15, 0.2) is 36.5 Å². The molecule has 1 aromatic heterocycles. The van der Waals surface area contributed by atoms with Crippen LogP contribution in [0.3, 0.4) is 0 Å². The van der Waals surface area contributed by atoms with Crippen LogP contribution in [0.25, 0.3) is 0 Å². The van der Waals surface area contributed by atoms with E-state index in [1.54, 1.807) is 6.20 Å². The van der Waals surface area contributed by atoms with Crippen molar-refractivity contribution < 1.29 is 4.79 Å². The second kappa shape index (κ2) is 7.94. The summed E-state index contributed by atoms with van der Waals surface area (Å²) in [7, 11) is 0. The Hall–Kier alpha value is -2.63. The van der Waals surface area contributed by atoms with Crippen LogP contribution in [0, 0.1) is 6.92 Å². The van der Waals surface area contributed by atoms with Gasteiger partial charge in [0.1, 0.15) is 0 Å².